The number of carbonyl (C=O) groups excluding carboxylic acids is 1. The lowest BCUT2D eigenvalue weighted by atomic mass is 10.1. The first-order valence-corrected chi connectivity index (χ1v) is 7.36. The van der Waals surface area contributed by atoms with Crippen LogP contribution in [-0.4, -0.2) is 45.2 Å². The molecule has 0 aromatic heterocycles. The Balaban J connectivity index is 2.90. The largest absolute Gasteiger partial charge is 0.493 e. The third-order valence-corrected chi connectivity index (χ3v) is 3.27. The number of ether oxygens (including phenoxy) is 3. The van der Waals surface area contributed by atoms with Crippen molar-refractivity contribution in [2.75, 3.05) is 33.3 Å². The first-order chi connectivity index (χ1) is 9.67. The Bertz CT molecular complexity index is 433. The predicted molar refractivity (Wildman–Crippen MR) is 81.1 cm³/mol. The fraction of sp³-hybridized carbons (Fsp3) is 0.500. The van der Waals surface area contributed by atoms with Crippen molar-refractivity contribution in [3.63, 3.8) is 0 Å². The summed E-state index contributed by atoms with van der Waals surface area (Å²) < 4.78 is 15.6. The van der Waals surface area contributed by atoms with Gasteiger partial charge in [-0.2, -0.15) is 0 Å². The van der Waals surface area contributed by atoms with Crippen LogP contribution in [0.5, 0.6) is 11.5 Å². The summed E-state index contributed by atoms with van der Waals surface area (Å²) in [6, 6.07) is 5.16. The Kier molecular flexibility index (Phi) is 7.40. The second-order valence-corrected chi connectivity index (χ2v) is 4.94. The minimum absolute atomic E-state index is 0.0530. The second kappa shape index (κ2) is 8.81. The highest BCUT2D eigenvalue weighted by Gasteiger charge is 2.19. The van der Waals surface area contributed by atoms with Gasteiger partial charge in [-0.3, -0.25) is 4.79 Å². The van der Waals surface area contributed by atoms with Crippen LogP contribution in [0.2, 0.25) is 0 Å². The van der Waals surface area contributed by atoms with Crippen molar-refractivity contribution >= 4 is 21.8 Å². The molecule has 0 aliphatic heterocycles. The lowest BCUT2D eigenvalue weighted by Crippen LogP contribution is -2.38. The number of methoxy groups -OCH3 is 3. The number of hydrogen-bond donors (Lipinski definition) is 1. The van der Waals surface area contributed by atoms with Gasteiger partial charge < -0.3 is 19.5 Å². The average Bonchev–Trinajstić information content (AvgIpc) is 2.46. The molecule has 1 unspecified atom stereocenters. The number of alkyl halides is 1. The van der Waals surface area contributed by atoms with E-state index < -0.39 is 0 Å². The molecule has 0 radical (unpaired) electrons. The molecule has 0 aliphatic rings. The summed E-state index contributed by atoms with van der Waals surface area (Å²) >= 11 is 3.37. The summed E-state index contributed by atoms with van der Waals surface area (Å²) in [6.07, 6.45) is 0.784. The zero-order valence-electron chi connectivity index (χ0n) is 11.9. The maximum absolute atomic E-state index is 12.3. The van der Waals surface area contributed by atoms with Gasteiger partial charge in [0, 0.05) is 12.4 Å². The first kappa shape index (κ1) is 16.8. The fourth-order valence-corrected chi connectivity index (χ4v) is 2.41. The highest BCUT2D eigenvalue weighted by Crippen LogP contribution is 2.30. The van der Waals surface area contributed by atoms with Crippen molar-refractivity contribution in [3.05, 3.63) is 23.8 Å². The van der Waals surface area contributed by atoms with Crippen LogP contribution in [0.15, 0.2) is 18.2 Å². The molecule has 0 aliphatic carbocycles. The number of carbonyl (C=O) groups is 1. The lowest BCUT2D eigenvalue weighted by Gasteiger charge is -2.18. The molecule has 0 spiro atoms. The van der Waals surface area contributed by atoms with Crippen LogP contribution in [-0.2, 0) is 4.74 Å². The molecule has 0 heterocycles. The highest BCUT2D eigenvalue weighted by molar-refractivity contribution is 9.09. The molecule has 0 saturated carbocycles. The molecule has 1 atom stereocenters. The predicted octanol–water partition coefficient (Wildman–Crippen LogP) is 2.23. The number of benzene rings is 1. The third-order valence-electron chi connectivity index (χ3n) is 2.81. The molecule has 1 aromatic rings. The van der Waals surface area contributed by atoms with Gasteiger partial charge in [0.1, 0.15) is 0 Å². The molecular weight excluding hydrogens is 326 g/mol. The maximum atomic E-state index is 12.3. The smallest absolute Gasteiger partial charge is 0.255 e. The van der Waals surface area contributed by atoms with E-state index in [0.717, 1.165) is 11.8 Å². The van der Waals surface area contributed by atoms with Crippen LogP contribution < -0.4 is 14.8 Å². The second-order valence-electron chi connectivity index (χ2n) is 4.14. The van der Waals surface area contributed by atoms with Crippen LogP contribution in [0.4, 0.5) is 0 Å². The van der Waals surface area contributed by atoms with Gasteiger partial charge in [-0.25, -0.2) is 0 Å². The molecule has 1 aromatic carbocycles. The van der Waals surface area contributed by atoms with Crippen molar-refractivity contribution < 1.29 is 19.0 Å². The van der Waals surface area contributed by atoms with Crippen LogP contribution in [0.3, 0.4) is 0 Å². The van der Waals surface area contributed by atoms with Crippen LogP contribution in [0.1, 0.15) is 16.8 Å². The topological polar surface area (TPSA) is 56.8 Å². The lowest BCUT2D eigenvalue weighted by molar-refractivity contribution is 0.0892. The van der Waals surface area contributed by atoms with E-state index in [0.29, 0.717) is 23.7 Å². The zero-order chi connectivity index (χ0) is 15.0. The molecule has 0 bridgehead atoms. The summed E-state index contributed by atoms with van der Waals surface area (Å²) in [7, 11) is 4.66. The number of nitrogens with one attached hydrogen (secondary N) is 1. The third kappa shape index (κ3) is 4.38. The van der Waals surface area contributed by atoms with Crippen LogP contribution in [0.25, 0.3) is 0 Å². The zero-order valence-corrected chi connectivity index (χ0v) is 13.5. The molecule has 112 valence electrons. The summed E-state index contributed by atoms with van der Waals surface area (Å²) in [6.45, 7) is 0.462. The number of hydrogen-bond acceptors (Lipinski definition) is 4. The first-order valence-electron chi connectivity index (χ1n) is 6.24. The monoisotopic (exact) mass is 345 g/mol. The Hall–Kier alpha value is -1.27. The number of amides is 1. The summed E-state index contributed by atoms with van der Waals surface area (Å²) in [5.74, 6) is 0.759. The van der Waals surface area contributed by atoms with Crippen LogP contribution >= 0.6 is 15.9 Å². The quantitative estimate of drug-likeness (QED) is 0.734. The molecule has 5 nitrogen and oxygen atoms in total. The molecular formula is C14H20BrNO4. The van der Waals surface area contributed by atoms with E-state index in [1.54, 1.807) is 25.3 Å². The molecule has 6 heteroatoms. The van der Waals surface area contributed by atoms with Gasteiger partial charge >= 0.3 is 0 Å². The van der Waals surface area contributed by atoms with E-state index in [1.807, 2.05) is 0 Å². The van der Waals surface area contributed by atoms with Crippen molar-refractivity contribution in [2.24, 2.45) is 0 Å². The normalized spacial score (nSPS) is 11.8. The Morgan fingerprint density at radius 3 is 2.60 bits per heavy atom. The molecule has 1 amide bonds. The minimum Gasteiger partial charge on any atom is -0.493 e. The fourth-order valence-electron chi connectivity index (χ4n) is 1.86. The highest BCUT2D eigenvalue weighted by atomic mass is 79.9. The van der Waals surface area contributed by atoms with Gasteiger partial charge in [-0.1, -0.05) is 22.0 Å². The molecule has 1 N–H and O–H groups in total. The number of rotatable bonds is 8. The maximum Gasteiger partial charge on any atom is 0.255 e. The SMILES string of the molecule is COCC(CCBr)NC(=O)c1cccc(OC)c1OC. The van der Waals surface area contributed by atoms with Crippen molar-refractivity contribution in [1.82, 2.24) is 5.32 Å². The summed E-state index contributed by atoms with van der Waals surface area (Å²) in [5.41, 5.74) is 0.447. The Labute approximate surface area is 127 Å². The van der Waals surface area contributed by atoms with Gasteiger partial charge in [0.25, 0.3) is 5.91 Å². The van der Waals surface area contributed by atoms with Crippen molar-refractivity contribution in [1.29, 1.82) is 0 Å². The van der Waals surface area contributed by atoms with Crippen molar-refractivity contribution in [3.8, 4) is 11.5 Å². The molecule has 0 fully saturated rings. The van der Waals surface area contributed by atoms with Gasteiger partial charge in [0.2, 0.25) is 0 Å². The summed E-state index contributed by atoms with van der Waals surface area (Å²) in [5, 5.41) is 3.72. The molecule has 1 rings (SSSR count). The van der Waals surface area contributed by atoms with Crippen LogP contribution in [0, 0.1) is 0 Å². The number of halogens is 1. The Morgan fingerprint density at radius 1 is 1.30 bits per heavy atom. The van der Waals surface area contributed by atoms with E-state index >= 15 is 0 Å². The average molecular weight is 346 g/mol. The van der Waals surface area contributed by atoms with Gasteiger partial charge in [-0.15, -0.1) is 0 Å². The molecule has 20 heavy (non-hydrogen) atoms. The van der Waals surface area contributed by atoms with Gasteiger partial charge in [0.05, 0.1) is 32.4 Å². The van der Waals surface area contributed by atoms with Crippen molar-refractivity contribution in [2.45, 2.75) is 12.5 Å². The van der Waals surface area contributed by atoms with E-state index in [1.165, 1.54) is 14.2 Å². The molecule has 0 saturated heterocycles. The van der Waals surface area contributed by atoms with E-state index in [4.69, 9.17) is 14.2 Å². The standard InChI is InChI=1S/C14H20BrNO4/c1-18-9-10(7-8-15)16-14(17)11-5-4-6-12(19-2)13(11)20-3/h4-6,10H,7-9H2,1-3H3,(H,16,17). The van der Waals surface area contributed by atoms with Gasteiger partial charge in [-0.05, 0) is 18.6 Å². The van der Waals surface area contributed by atoms with Gasteiger partial charge in [0.15, 0.2) is 11.5 Å². The minimum atomic E-state index is -0.205. The van der Waals surface area contributed by atoms with E-state index in [-0.39, 0.29) is 11.9 Å². The van der Waals surface area contributed by atoms with E-state index in [9.17, 15) is 4.79 Å². The number of para-hydroxylation sites is 1. The summed E-state index contributed by atoms with van der Waals surface area (Å²) in [4.78, 5) is 12.3. The Morgan fingerprint density at radius 2 is 2.05 bits per heavy atom. The van der Waals surface area contributed by atoms with E-state index in [2.05, 4.69) is 21.2 Å².